The standard InChI is InChI=1S/C24H15BrClNO5/c1-30-19-9-4-15(5-10-19)23(28)31-21-11-6-17(25)12-16(21)13-20-24(29)32-22(27-20)14-2-7-18(26)8-3-14/h2-13H,1H3/b20-13+. The van der Waals surface area contributed by atoms with Crippen LogP contribution >= 0.6 is 27.5 Å². The van der Waals surface area contributed by atoms with Crippen LogP contribution in [0.1, 0.15) is 21.5 Å². The molecule has 0 saturated heterocycles. The first-order valence-electron chi connectivity index (χ1n) is 9.37. The number of hydrogen-bond acceptors (Lipinski definition) is 6. The molecule has 1 aliphatic heterocycles. The van der Waals surface area contributed by atoms with Crippen LogP contribution in [-0.2, 0) is 9.53 Å². The Balaban J connectivity index is 1.63. The molecule has 8 heteroatoms. The van der Waals surface area contributed by atoms with E-state index in [1.807, 2.05) is 0 Å². The SMILES string of the molecule is COc1ccc(C(=O)Oc2ccc(Br)cc2/C=C2/N=C(c3ccc(Cl)cc3)OC2=O)cc1. The minimum Gasteiger partial charge on any atom is -0.497 e. The molecule has 6 nitrogen and oxygen atoms in total. The van der Waals surface area contributed by atoms with E-state index >= 15 is 0 Å². The molecule has 1 aliphatic rings. The van der Waals surface area contributed by atoms with Crippen molar-refractivity contribution in [2.75, 3.05) is 7.11 Å². The van der Waals surface area contributed by atoms with Crippen molar-refractivity contribution in [2.24, 2.45) is 4.99 Å². The summed E-state index contributed by atoms with van der Waals surface area (Å²) in [6, 6.07) is 18.4. The van der Waals surface area contributed by atoms with Gasteiger partial charge >= 0.3 is 11.9 Å². The summed E-state index contributed by atoms with van der Waals surface area (Å²) in [5.41, 5.74) is 1.53. The van der Waals surface area contributed by atoms with E-state index in [9.17, 15) is 9.59 Å². The lowest BCUT2D eigenvalue weighted by Crippen LogP contribution is -2.09. The Morgan fingerprint density at radius 3 is 2.47 bits per heavy atom. The molecule has 0 aliphatic carbocycles. The number of ether oxygens (including phenoxy) is 3. The lowest BCUT2D eigenvalue weighted by molar-refractivity contribution is -0.129. The third kappa shape index (κ3) is 4.90. The molecule has 0 N–H and O–H groups in total. The van der Waals surface area contributed by atoms with Crippen LogP contribution in [0.2, 0.25) is 5.02 Å². The summed E-state index contributed by atoms with van der Waals surface area (Å²) < 4.78 is 16.7. The molecule has 0 fully saturated rings. The van der Waals surface area contributed by atoms with Crippen molar-refractivity contribution in [3.8, 4) is 11.5 Å². The van der Waals surface area contributed by atoms with Crippen molar-refractivity contribution in [1.29, 1.82) is 0 Å². The Labute approximate surface area is 197 Å². The molecule has 0 unspecified atom stereocenters. The molecular formula is C24H15BrClNO5. The Kier molecular flexibility index (Phi) is 6.39. The third-order valence-corrected chi connectivity index (χ3v) is 5.25. The average Bonchev–Trinajstić information content (AvgIpc) is 3.16. The minimum absolute atomic E-state index is 0.0785. The maximum Gasteiger partial charge on any atom is 0.363 e. The molecule has 4 rings (SSSR count). The largest absolute Gasteiger partial charge is 0.497 e. The van der Waals surface area contributed by atoms with Crippen LogP contribution in [0.25, 0.3) is 6.08 Å². The van der Waals surface area contributed by atoms with Gasteiger partial charge in [0, 0.05) is 20.6 Å². The molecule has 0 atom stereocenters. The second kappa shape index (κ2) is 9.38. The van der Waals surface area contributed by atoms with Crippen LogP contribution in [0, 0.1) is 0 Å². The van der Waals surface area contributed by atoms with Crippen LogP contribution in [-0.4, -0.2) is 24.9 Å². The predicted molar refractivity (Wildman–Crippen MR) is 124 cm³/mol. The minimum atomic E-state index is -0.609. The highest BCUT2D eigenvalue weighted by molar-refractivity contribution is 9.10. The van der Waals surface area contributed by atoms with Crippen molar-refractivity contribution in [3.63, 3.8) is 0 Å². The molecular weight excluding hydrogens is 498 g/mol. The van der Waals surface area contributed by atoms with Gasteiger partial charge in [0.25, 0.3) is 0 Å². The zero-order valence-electron chi connectivity index (χ0n) is 16.7. The zero-order chi connectivity index (χ0) is 22.7. The number of esters is 2. The molecule has 0 amide bonds. The second-order valence-corrected chi connectivity index (χ2v) is 8.00. The third-order valence-electron chi connectivity index (χ3n) is 4.50. The van der Waals surface area contributed by atoms with Gasteiger partial charge in [-0.15, -0.1) is 0 Å². The molecule has 3 aromatic rings. The summed E-state index contributed by atoms with van der Waals surface area (Å²) in [5.74, 6) is -0.0878. The highest BCUT2D eigenvalue weighted by Crippen LogP contribution is 2.29. The van der Waals surface area contributed by atoms with E-state index in [1.165, 1.54) is 6.08 Å². The molecule has 0 aromatic heterocycles. The Bertz CT molecular complexity index is 1250. The summed E-state index contributed by atoms with van der Waals surface area (Å²) in [6.45, 7) is 0. The lowest BCUT2D eigenvalue weighted by atomic mass is 10.1. The number of carbonyl (C=O) groups is 2. The number of hydrogen-bond donors (Lipinski definition) is 0. The molecule has 0 bridgehead atoms. The summed E-state index contributed by atoms with van der Waals surface area (Å²) in [4.78, 5) is 29.2. The fraction of sp³-hybridized carbons (Fsp3) is 0.0417. The van der Waals surface area contributed by atoms with Crippen molar-refractivity contribution in [3.05, 3.63) is 98.6 Å². The predicted octanol–water partition coefficient (Wildman–Crippen LogP) is 5.67. The van der Waals surface area contributed by atoms with Crippen molar-refractivity contribution >= 4 is 51.4 Å². The van der Waals surface area contributed by atoms with Crippen molar-refractivity contribution < 1.29 is 23.8 Å². The van der Waals surface area contributed by atoms with E-state index in [4.69, 9.17) is 25.8 Å². The Hall–Kier alpha value is -3.42. The van der Waals surface area contributed by atoms with Gasteiger partial charge < -0.3 is 14.2 Å². The fourth-order valence-electron chi connectivity index (χ4n) is 2.88. The Morgan fingerprint density at radius 1 is 1.06 bits per heavy atom. The van der Waals surface area contributed by atoms with Gasteiger partial charge in [0.15, 0.2) is 5.70 Å². The van der Waals surface area contributed by atoms with E-state index in [0.717, 1.165) is 4.47 Å². The van der Waals surface area contributed by atoms with E-state index in [2.05, 4.69) is 20.9 Å². The molecule has 1 heterocycles. The highest BCUT2D eigenvalue weighted by atomic mass is 79.9. The van der Waals surface area contributed by atoms with Crippen LogP contribution in [0.15, 0.2) is 81.9 Å². The van der Waals surface area contributed by atoms with Gasteiger partial charge in [-0.05, 0) is 72.8 Å². The maximum atomic E-state index is 12.6. The molecule has 0 spiro atoms. The monoisotopic (exact) mass is 511 g/mol. The molecule has 160 valence electrons. The number of rotatable bonds is 5. The van der Waals surface area contributed by atoms with E-state index in [0.29, 0.717) is 27.5 Å². The van der Waals surface area contributed by atoms with E-state index in [-0.39, 0.29) is 17.3 Å². The summed E-state index contributed by atoms with van der Waals surface area (Å²) in [7, 11) is 1.55. The summed E-state index contributed by atoms with van der Waals surface area (Å²) in [6.07, 6.45) is 1.51. The zero-order valence-corrected chi connectivity index (χ0v) is 19.0. The number of carbonyl (C=O) groups excluding carboxylic acids is 2. The topological polar surface area (TPSA) is 74.2 Å². The van der Waals surface area contributed by atoms with Crippen LogP contribution in [0.5, 0.6) is 11.5 Å². The molecule has 32 heavy (non-hydrogen) atoms. The van der Waals surface area contributed by atoms with Gasteiger partial charge in [-0.25, -0.2) is 14.6 Å². The van der Waals surface area contributed by atoms with Crippen LogP contribution in [0.4, 0.5) is 0 Å². The number of nitrogens with zero attached hydrogens (tertiary/aromatic N) is 1. The number of cyclic esters (lactones) is 1. The number of methoxy groups -OCH3 is 1. The quantitative estimate of drug-likeness (QED) is 0.250. The number of halogens is 2. The van der Waals surface area contributed by atoms with E-state index < -0.39 is 11.9 Å². The van der Waals surface area contributed by atoms with Gasteiger partial charge in [0.1, 0.15) is 11.5 Å². The summed E-state index contributed by atoms with van der Waals surface area (Å²) >= 11 is 9.30. The number of benzene rings is 3. The van der Waals surface area contributed by atoms with Crippen molar-refractivity contribution in [1.82, 2.24) is 0 Å². The van der Waals surface area contributed by atoms with Gasteiger partial charge in [-0.3, -0.25) is 0 Å². The molecule has 3 aromatic carbocycles. The van der Waals surface area contributed by atoms with Gasteiger partial charge in [-0.2, -0.15) is 0 Å². The average molecular weight is 513 g/mol. The Morgan fingerprint density at radius 2 is 1.78 bits per heavy atom. The van der Waals surface area contributed by atoms with Crippen LogP contribution in [0.3, 0.4) is 0 Å². The summed E-state index contributed by atoms with van der Waals surface area (Å²) in [5, 5.41) is 0.562. The normalized spacial score (nSPS) is 14.2. The highest BCUT2D eigenvalue weighted by Gasteiger charge is 2.25. The maximum absolute atomic E-state index is 12.6. The molecule has 0 radical (unpaired) electrons. The first-order chi connectivity index (χ1) is 15.4. The smallest absolute Gasteiger partial charge is 0.363 e. The molecule has 0 saturated carbocycles. The first kappa shape index (κ1) is 21.8. The van der Waals surface area contributed by atoms with E-state index in [1.54, 1.807) is 73.8 Å². The second-order valence-electron chi connectivity index (χ2n) is 6.64. The lowest BCUT2D eigenvalue weighted by Gasteiger charge is -2.09. The fourth-order valence-corrected chi connectivity index (χ4v) is 3.39. The van der Waals surface area contributed by atoms with Gasteiger partial charge in [-0.1, -0.05) is 27.5 Å². The van der Waals surface area contributed by atoms with Crippen LogP contribution < -0.4 is 9.47 Å². The van der Waals surface area contributed by atoms with Crippen molar-refractivity contribution in [2.45, 2.75) is 0 Å². The van der Waals surface area contributed by atoms with Gasteiger partial charge in [0.2, 0.25) is 5.90 Å². The first-order valence-corrected chi connectivity index (χ1v) is 10.5. The number of aliphatic imine (C=N–C) groups is 1. The van der Waals surface area contributed by atoms with Gasteiger partial charge in [0.05, 0.1) is 12.7 Å².